The van der Waals surface area contributed by atoms with Crippen LogP contribution in [0.5, 0.6) is 0 Å². The number of amides is 1. The fourth-order valence-corrected chi connectivity index (χ4v) is 4.00. The molecule has 10 heteroatoms. The molecule has 5 rings (SSSR count). The monoisotopic (exact) mass is 452 g/mol. The molecule has 168 valence electrons. The van der Waals surface area contributed by atoms with Crippen molar-refractivity contribution in [3.63, 3.8) is 0 Å². The van der Waals surface area contributed by atoms with Crippen molar-refractivity contribution in [3.05, 3.63) is 65.4 Å². The molecule has 7 nitrogen and oxygen atoms in total. The van der Waals surface area contributed by atoms with E-state index in [1.165, 1.54) is 25.1 Å². The van der Waals surface area contributed by atoms with Gasteiger partial charge in [-0.3, -0.25) is 9.89 Å². The maximum Gasteiger partial charge on any atom is 0.417 e. The van der Waals surface area contributed by atoms with Gasteiger partial charge in [-0.05, 0) is 18.2 Å². The molecule has 0 fully saturated rings. The highest BCUT2D eigenvalue weighted by Crippen LogP contribution is 2.37. The van der Waals surface area contributed by atoms with Crippen LogP contribution in [0.4, 0.5) is 24.8 Å². The van der Waals surface area contributed by atoms with Crippen LogP contribution in [0.15, 0.2) is 48.5 Å². The van der Waals surface area contributed by atoms with Crippen LogP contribution in [-0.4, -0.2) is 37.5 Å². The van der Waals surface area contributed by atoms with Crippen LogP contribution in [0.2, 0.25) is 0 Å². The number of benzene rings is 2. The van der Waals surface area contributed by atoms with Gasteiger partial charge < -0.3 is 10.2 Å². The van der Waals surface area contributed by atoms with Crippen LogP contribution in [0, 0.1) is 0 Å². The van der Waals surface area contributed by atoms with Gasteiger partial charge >= 0.3 is 6.18 Å². The zero-order chi connectivity index (χ0) is 23.2. The topological polar surface area (TPSA) is 86.8 Å². The molecule has 2 N–H and O–H groups in total. The highest BCUT2D eigenvalue weighted by Gasteiger charge is 2.35. The number of para-hydroxylation sites is 1. The van der Waals surface area contributed by atoms with Gasteiger partial charge in [-0.15, -0.1) is 0 Å². The lowest BCUT2D eigenvalue weighted by atomic mass is 10.0. The number of alkyl halides is 3. The summed E-state index contributed by atoms with van der Waals surface area (Å²) in [6, 6.07) is 12.7. The van der Waals surface area contributed by atoms with Gasteiger partial charge in [0.2, 0.25) is 5.91 Å². The van der Waals surface area contributed by atoms with Crippen molar-refractivity contribution in [3.8, 4) is 11.4 Å². The Balaban J connectivity index is 1.66. The first kappa shape index (κ1) is 20.9. The minimum atomic E-state index is -4.55. The number of rotatable bonds is 3. The first-order chi connectivity index (χ1) is 15.8. The predicted octanol–water partition coefficient (Wildman–Crippen LogP) is 4.69. The molecule has 0 aliphatic carbocycles. The van der Waals surface area contributed by atoms with Crippen molar-refractivity contribution < 1.29 is 18.0 Å². The molecule has 2 aromatic carbocycles. The Morgan fingerprint density at radius 2 is 1.82 bits per heavy atom. The molecule has 3 heterocycles. The van der Waals surface area contributed by atoms with Crippen molar-refractivity contribution in [1.29, 1.82) is 0 Å². The molecular weight excluding hydrogens is 433 g/mol. The molecule has 0 atom stereocenters. The SMILES string of the molecule is CC(=O)N1CCc2nc(-c3ccccc3C(F)(F)F)nc(Nc3n[nH]c4ccccc34)c2C1. The lowest BCUT2D eigenvalue weighted by Crippen LogP contribution is -2.35. The van der Waals surface area contributed by atoms with Crippen LogP contribution in [-0.2, 0) is 23.9 Å². The van der Waals surface area contributed by atoms with Gasteiger partial charge in [-0.2, -0.15) is 18.3 Å². The van der Waals surface area contributed by atoms with Crippen molar-refractivity contribution >= 4 is 28.4 Å². The molecule has 0 bridgehead atoms. The Morgan fingerprint density at radius 1 is 1.06 bits per heavy atom. The Morgan fingerprint density at radius 3 is 2.61 bits per heavy atom. The number of anilines is 2. The molecule has 0 spiro atoms. The first-order valence-electron chi connectivity index (χ1n) is 10.3. The number of halogens is 3. The number of aromatic amines is 1. The second-order valence-corrected chi connectivity index (χ2v) is 7.80. The summed E-state index contributed by atoms with van der Waals surface area (Å²) >= 11 is 0. The van der Waals surface area contributed by atoms with Gasteiger partial charge in [0.1, 0.15) is 5.82 Å². The van der Waals surface area contributed by atoms with E-state index < -0.39 is 11.7 Å². The lowest BCUT2D eigenvalue weighted by Gasteiger charge is -2.29. The minimum Gasteiger partial charge on any atom is -0.338 e. The van der Waals surface area contributed by atoms with Crippen molar-refractivity contribution in [2.24, 2.45) is 0 Å². The second kappa shape index (κ2) is 7.88. The van der Waals surface area contributed by atoms with E-state index in [1.54, 1.807) is 4.90 Å². The first-order valence-corrected chi connectivity index (χ1v) is 10.3. The van der Waals surface area contributed by atoms with Gasteiger partial charge in [-0.25, -0.2) is 9.97 Å². The Hall–Kier alpha value is -3.95. The number of fused-ring (bicyclic) bond motifs is 2. The molecule has 0 radical (unpaired) electrons. The molecule has 2 aromatic heterocycles. The van der Waals surface area contributed by atoms with Crippen molar-refractivity contribution in [1.82, 2.24) is 25.1 Å². The van der Waals surface area contributed by atoms with Crippen LogP contribution in [0.25, 0.3) is 22.3 Å². The number of carbonyl (C=O) groups is 1. The number of nitrogens with one attached hydrogen (secondary N) is 2. The number of nitrogens with zero attached hydrogens (tertiary/aromatic N) is 4. The highest BCUT2D eigenvalue weighted by atomic mass is 19.4. The predicted molar refractivity (Wildman–Crippen MR) is 117 cm³/mol. The van der Waals surface area contributed by atoms with E-state index in [-0.39, 0.29) is 23.8 Å². The zero-order valence-electron chi connectivity index (χ0n) is 17.6. The average molecular weight is 452 g/mol. The minimum absolute atomic E-state index is 0.0275. The normalized spacial score (nSPS) is 13.8. The summed E-state index contributed by atoms with van der Waals surface area (Å²) < 4.78 is 41.0. The summed E-state index contributed by atoms with van der Waals surface area (Å²) in [6.07, 6.45) is -4.14. The van der Waals surface area contributed by atoms with Crippen LogP contribution in [0.3, 0.4) is 0 Å². The van der Waals surface area contributed by atoms with Gasteiger partial charge in [0.05, 0.1) is 23.3 Å². The third-order valence-corrected chi connectivity index (χ3v) is 5.69. The molecule has 33 heavy (non-hydrogen) atoms. The van der Waals surface area contributed by atoms with Crippen LogP contribution >= 0.6 is 0 Å². The highest BCUT2D eigenvalue weighted by molar-refractivity contribution is 5.91. The molecule has 0 saturated heterocycles. The third kappa shape index (κ3) is 3.88. The standard InChI is InChI=1S/C23H19F3N6O/c1-13(33)32-11-10-18-16(12-32)21(29-22-15-7-3-5-9-19(15)30-31-22)28-20(27-18)14-6-2-4-8-17(14)23(24,25)26/h2-9H,10-12H2,1H3,(H2,27,28,29,30,31). The largest absolute Gasteiger partial charge is 0.417 e. The molecule has 0 saturated carbocycles. The number of H-pyrrole nitrogens is 1. The molecular formula is C23H19F3N6O. The molecule has 0 unspecified atom stereocenters. The van der Waals surface area contributed by atoms with Crippen molar-refractivity contribution in [2.45, 2.75) is 26.1 Å². The van der Waals surface area contributed by atoms with E-state index >= 15 is 0 Å². The number of hydrogen-bond donors (Lipinski definition) is 2. The fourth-order valence-electron chi connectivity index (χ4n) is 4.00. The van der Waals surface area contributed by atoms with Crippen LogP contribution < -0.4 is 5.32 Å². The van der Waals surface area contributed by atoms with Crippen LogP contribution in [0.1, 0.15) is 23.7 Å². The molecule has 1 aliphatic rings. The lowest BCUT2D eigenvalue weighted by molar-refractivity contribution is -0.137. The summed E-state index contributed by atoms with van der Waals surface area (Å²) in [7, 11) is 0. The Kier molecular flexibility index (Phi) is 4.99. The van der Waals surface area contributed by atoms with Crippen molar-refractivity contribution in [2.75, 3.05) is 11.9 Å². The van der Waals surface area contributed by atoms with Gasteiger partial charge in [0.15, 0.2) is 11.6 Å². The van der Waals surface area contributed by atoms with Gasteiger partial charge in [-0.1, -0.05) is 30.3 Å². The summed E-state index contributed by atoms with van der Waals surface area (Å²) in [5, 5.41) is 11.2. The van der Waals surface area contributed by atoms with Gasteiger partial charge in [0, 0.05) is 36.4 Å². The van der Waals surface area contributed by atoms with E-state index in [0.29, 0.717) is 35.9 Å². The summed E-state index contributed by atoms with van der Waals surface area (Å²) in [5.74, 6) is 0.695. The molecule has 1 aliphatic heterocycles. The van der Waals surface area contributed by atoms with E-state index in [0.717, 1.165) is 17.0 Å². The maximum atomic E-state index is 13.7. The zero-order valence-corrected chi connectivity index (χ0v) is 17.6. The van der Waals surface area contributed by atoms with E-state index in [9.17, 15) is 18.0 Å². The smallest absolute Gasteiger partial charge is 0.338 e. The summed E-state index contributed by atoms with van der Waals surface area (Å²) in [4.78, 5) is 22.6. The Bertz CT molecular complexity index is 1360. The number of aromatic nitrogens is 4. The average Bonchev–Trinajstić information content (AvgIpc) is 3.21. The second-order valence-electron chi connectivity index (χ2n) is 7.80. The Labute approximate surface area is 186 Å². The maximum absolute atomic E-state index is 13.7. The molecule has 4 aromatic rings. The van der Waals surface area contributed by atoms with E-state index in [2.05, 4.69) is 25.5 Å². The number of carbonyl (C=O) groups excluding carboxylic acids is 1. The number of hydrogen-bond acceptors (Lipinski definition) is 5. The third-order valence-electron chi connectivity index (χ3n) is 5.69. The summed E-state index contributed by atoms with van der Waals surface area (Å²) in [5.41, 5.74) is 1.17. The summed E-state index contributed by atoms with van der Waals surface area (Å²) in [6.45, 7) is 2.18. The quantitative estimate of drug-likeness (QED) is 0.471. The van der Waals surface area contributed by atoms with Gasteiger partial charge in [0.25, 0.3) is 0 Å². The van der Waals surface area contributed by atoms with E-state index in [1.807, 2.05) is 24.3 Å². The van der Waals surface area contributed by atoms with E-state index in [4.69, 9.17) is 0 Å². The molecule has 1 amide bonds. The fraction of sp³-hybridized carbons (Fsp3) is 0.217.